The van der Waals surface area contributed by atoms with E-state index in [1.165, 1.54) is 11.1 Å². The van der Waals surface area contributed by atoms with Gasteiger partial charge in [-0.25, -0.2) is 0 Å². The minimum Gasteiger partial charge on any atom is -0.492 e. The van der Waals surface area contributed by atoms with E-state index in [-0.39, 0.29) is 0 Å². The standard InChI is InChI=1S/C12H16ClNO/c1-8(7-14)10-5-9-3-2-4-15-12(9)11(13)6-10/h5-6,8H,2-4,7,14H2,1H3. The van der Waals surface area contributed by atoms with Crippen LogP contribution in [0.15, 0.2) is 12.1 Å². The van der Waals surface area contributed by atoms with Crippen molar-refractivity contribution in [2.45, 2.75) is 25.7 Å². The molecule has 1 unspecified atom stereocenters. The molecular weight excluding hydrogens is 210 g/mol. The maximum atomic E-state index is 6.18. The van der Waals surface area contributed by atoms with Crippen molar-refractivity contribution in [2.75, 3.05) is 13.2 Å². The number of nitrogens with two attached hydrogens (primary N) is 1. The summed E-state index contributed by atoms with van der Waals surface area (Å²) in [5, 5.41) is 0.725. The van der Waals surface area contributed by atoms with E-state index in [2.05, 4.69) is 13.0 Å². The normalized spacial score (nSPS) is 16.7. The number of aryl methyl sites for hydroxylation is 1. The lowest BCUT2D eigenvalue weighted by Crippen LogP contribution is -2.12. The molecular formula is C12H16ClNO. The smallest absolute Gasteiger partial charge is 0.141 e. The Bertz CT molecular complexity index is 365. The zero-order chi connectivity index (χ0) is 10.8. The molecule has 0 aromatic heterocycles. The van der Waals surface area contributed by atoms with Crippen molar-refractivity contribution in [2.24, 2.45) is 5.73 Å². The average molecular weight is 226 g/mol. The van der Waals surface area contributed by atoms with E-state index in [4.69, 9.17) is 22.1 Å². The summed E-state index contributed by atoms with van der Waals surface area (Å²) < 4.78 is 5.56. The molecule has 0 saturated heterocycles. The van der Waals surface area contributed by atoms with Crippen molar-refractivity contribution in [3.8, 4) is 5.75 Å². The molecule has 3 heteroatoms. The third-order valence-corrected chi connectivity index (χ3v) is 3.18. The third-order valence-electron chi connectivity index (χ3n) is 2.90. The zero-order valence-corrected chi connectivity index (χ0v) is 9.68. The SMILES string of the molecule is CC(CN)c1cc(Cl)c2c(c1)CCCO2. The van der Waals surface area contributed by atoms with Gasteiger partial charge >= 0.3 is 0 Å². The van der Waals surface area contributed by atoms with Gasteiger partial charge in [-0.3, -0.25) is 0 Å². The molecule has 0 aliphatic carbocycles. The molecule has 0 saturated carbocycles. The van der Waals surface area contributed by atoms with Gasteiger partial charge in [0.1, 0.15) is 5.75 Å². The Morgan fingerprint density at radius 3 is 3.07 bits per heavy atom. The van der Waals surface area contributed by atoms with Crippen LogP contribution >= 0.6 is 11.6 Å². The van der Waals surface area contributed by atoms with Gasteiger partial charge in [0.25, 0.3) is 0 Å². The van der Waals surface area contributed by atoms with E-state index in [1.54, 1.807) is 0 Å². The first-order valence-corrected chi connectivity index (χ1v) is 5.75. The molecule has 2 rings (SSSR count). The molecule has 82 valence electrons. The number of halogens is 1. The molecule has 0 spiro atoms. The van der Waals surface area contributed by atoms with Crippen LogP contribution in [0.5, 0.6) is 5.75 Å². The topological polar surface area (TPSA) is 35.2 Å². The van der Waals surface area contributed by atoms with Crippen molar-refractivity contribution in [3.63, 3.8) is 0 Å². The summed E-state index contributed by atoms with van der Waals surface area (Å²) in [7, 11) is 0. The van der Waals surface area contributed by atoms with E-state index in [0.29, 0.717) is 12.5 Å². The van der Waals surface area contributed by atoms with E-state index in [9.17, 15) is 0 Å². The summed E-state index contributed by atoms with van der Waals surface area (Å²) in [6.07, 6.45) is 2.13. The van der Waals surface area contributed by atoms with Gasteiger partial charge in [-0.15, -0.1) is 0 Å². The van der Waals surface area contributed by atoms with Gasteiger partial charge < -0.3 is 10.5 Å². The fraction of sp³-hybridized carbons (Fsp3) is 0.500. The van der Waals surface area contributed by atoms with Crippen LogP contribution in [-0.2, 0) is 6.42 Å². The molecule has 2 nitrogen and oxygen atoms in total. The number of fused-ring (bicyclic) bond motifs is 1. The van der Waals surface area contributed by atoms with Gasteiger partial charge in [0.15, 0.2) is 0 Å². The predicted octanol–water partition coefficient (Wildman–Crippen LogP) is 2.73. The lowest BCUT2D eigenvalue weighted by molar-refractivity contribution is 0.288. The molecule has 0 fully saturated rings. The molecule has 1 atom stereocenters. The lowest BCUT2D eigenvalue weighted by Gasteiger charge is -2.21. The van der Waals surface area contributed by atoms with Crippen LogP contribution < -0.4 is 10.5 Å². The second kappa shape index (κ2) is 4.42. The molecule has 1 aliphatic rings. The summed E-state index contributed by atoms with van der Waals surface area (Å²) in [6.45, 7) is 3.54. The first-order chi connectivity index (χ1) is 7.22. The quantitative estimate of drug-likeness (QED) is 0.840. The number of ether oxygens (including phenoxy) is 1. The van der Waals surface area contributed by atoms with E-state index < -0.39 is 0 Å². The number of rotatable bonds is 2. The average Bonchev–Trinajstić information content (AvgIpc) is 2.28. The first kappa shape index (κ1) is 10.8. The van der Waals surface area contributed by atoms with Gasteiger partial charge in [0.05, 0.1) is 11.6 Å². The first-order valence-electron chi connectivity index (χ1n) is 5.37. The Morgan fingerprint density at radius 2 is 2.33 bits per heavy atom. The van der Waals surface area contributed by atoms with E-state index in [1.807, 2.05) is 6.07 Å². The van der Waals surface area contributed by atoms with Crippen LogP contribution in [0.3, 0.4) is 0 Å². The summed E-state index contributed by atoms with van der Waals surface area (Å²) >= 11 is 6.18. The Kier molecular flexibility index (Phi) is 3.17. The maximum Gasteiger partial charge on any atom is 0.141 e. The summed E-state index contributed by atoms with van der Waals surface area (Å²) in [4.78, 5) is 0. The molecule has 0 amide bonds. The molecule has 1 aliphatic heterocycles. The number of hydrogen-bond donors (Lipinski definition) is 1. The number of benzene rings is 1. The van der Waals surface area contributed by atoms with Crippen LogP contribution in [-0.4, -0.2) is 13.2 Å². The molecule has 1 aromatic rings. The molecule has 1 heterocycles. The summed E-state index contributed by atoms with van der Waals surface area (Å²) in [5.74, 6) is 1.23. The van der Waals surface area contributed by atoms with Gasteiger partial charge in [0, 0.05) is 0 Å². The predicted molar refractivity (Wildman–Crippen MR) is 62.7 cm³/mol. The fourth-order valence-corrected chi connectivity index (χ4v) is 2.18. The summed E-state index contributed by atoms with van der Waals surface area (Å²) in [5.41, 5.74) is 8.10. The van der Waals surface area contributed by atoms with Crippen LogP contribution in [0.2, 0.25) is 5.02 Å². The third kappa shape index (κ3) is 2.11. The van der Waals surface area contributed by atoms with Gasteiger partial charge in [-0.05, 0) is 42.5 Å². The van der Waals surface area contributed by atoms with Crippen molar-refractivity contribution >= 4 is 11.6 Å². The fourth-order valence-electron chi connectivity index (χ4n) is 1.88. The van der Waals surface area contributed by atoms with Gasteiger partial charge in [-0.1, -0.05) is 24.6 Å². The molecule has 1 aromatic carbocycles. The van der Waals surface area contributed by atoms with Crippen LogP contribution in [0.4, 0.5) is 0 Å². The molecule has 0 radical (unpaired) electrons. The van der Waals surface area contributed by atoms with E-state index >= 15 is 0 Å². The minimum atomic E-state index is 0.356. The van der Waals surface area contributed by atoms with Gasteiger partial charge in [0.2, 0.25) is 0 Å². The van der Waals surface area contributed by atoms with Crippen molar-refractivity contribution in [1.82, 2.24) is 0 Å². The van der Waals surface area contributed by atoms with Crippen LogP contribution in [0, 0.1) is 0 Å². The highest BCUT2D eigenvalue weighted by molar-refractivity contribution is 6.32. The molecule has 2 N–H and O–H groups in total. The second-order valence-corrected chi connectivity index (χ2v) is 4.49. The lowest BCUT2D eigenvalue weighted by atomic mass is 9.96. The Morgan fingerprint density at radius 1 is 1.53 bits per heavy atom. The van der Waals surface area contributed by atoms with Crippen LogP contribution in [0.25, 0.3) is 0 Å². The Balaban J connectivity index is 2.40. The molecule has 0 bridgehead atoms. The number of hydrogen-bond acceptors (Lipinski definition) is 2. The highest BCUT2D eigenvalue weighted by Crippen LogP contribution is 2.35. The Labute approximate surface area is 95.4 Å². The monoisotopic (exact) mass is 225 g/mol. The highest BCUT2D eigenvalue weighted by atomic mass is 35.5. The van der Waals surface area contributed by atoms with Crippen molar-refractivity contribution < 1.29 is 4.74 Å². The highest BCUT2D eigenvalue weighted by Gasteiger charge is 2.16. The second-order valence-electron chi connectivity index (χ2n) is 4.08. The van der Waals surface area contributed by atoms with Crippen molar-refractivity contribution in [1.29, 1.82) is 0 Å². The zero-order valence-electron chi connectivity index (χ0n) is 8.92. The Hall–Kier alpha value is -0.730. The maximum absolute atomic E-state index is 6.18. The minimum absolute atomic E-state index is 0.356. The largest absolute Gasteiger partial charge is 0.492 e. The van der Waals surface area contributed by atoms with Crippen LogP contribution in [0.1, 0.15) is 30.4 Å². The summed E-state index contributed by atoms with van der Waals surface area (Å²) in [6, 6.07) is 4.15. The van der Waals surface area contributed by atoms with Crippen molar-refractivity contribution in [3.05, 3.63) is 28.3 Å². The van der Waals surface area contributed by atoms with E-state index in [0.717, 1.165) is 30.2 Å². The van der Waals surface area contributed by atoms with Gasteiger partial charge in [-0.2, -0.15) is 0 Å². The molecule has 15 heavy (non-hydrogen) atoms.